The number of rotatable bonds is 0. The smallest absolute Gasteiger partial charge is 0.0514 e. The minimum absolute atomic E-state index is 0.473. The van der Waals surface area contributed by atoms with E-state index in [0.717, 1.165) is 69.9 Å². The van der Waals surface area contributed by atoms with E-state index in [4.69, 9.17) is 0 Å². The summed E-state index contributed by atoms with van der Waals surface area (Å²) in [5, 5.41) is 6.79. The van der Waals surface area contributed by atoms with Gasteiger partial charge in [-0.25, -0.2) is 0 Å². The van der Waals surface area contributed by atoms with E-state index in [0.29, 0.717) is 5.92 Å². The van der Waals surface area contributed by atoms with Crippen LogP contribution in [0.2, 0.25) is 0 Å². The first-order valence-corrected chi connectivity index (χ1v) is 11.2. The van der Waals surface area contributed by atoms with Crippen molar-refractivity contribution in [3.63, 3.8) is 0 Å². The maximum atomic E-state index is 4.58. The van der Waals surface area contributed by atoms with Crippen molar-refractivity contribution >= 4 is 24.9 Å². The molecule has 164 valence electrons. The second-order valence-corrected chi connectivity index (χ2v) is 7.82. The summed E-state index contributed by atoms with van der Waals surface area (Å²) in [7, 11) is 0. The summed E-state index contributed by atoms with van der Waals surface area (Å²) >= 11 is 0. The Bertz CT molecular complexity index is 845. The van der Waals surface area contributed by atoms with Crippen molar-refractivity contribution in [1.82, 2.24) is 10.6 Å². The molecule has 6 rings (SSSR count). The first kappa shape index (κ1) is 23.0. The highest BCUT2D eigenvalue weighted by atomic mass is 14.9. The standard InChI is InChI=1S/C25H34N6/c1-21-16-24-6-7-25(21)20-31-15-11-27-9-13-29-18-23-4-2-22(3-5-23)17-28-12-8-26-10-14-30-19-24/h2-7,17-21,26-27H,8-16H2,1H3/t21-/m1/s1. The van der Waals surface area contributed by atoms with Gasteiger partial charge in [0.15, 0.2) is 0 Å². The number of allylic oxidation sites excluding steroid dienone is 4. The topological polar surface area (TPSA) is 73.5 Å². The molecular weight excluding hydrogens is 384 g/mol. The number of hydrogen-bond donors (Lipinski definition) is 2. The molecule has 0 unspecified atom stereocenters. The third-order valence-electron chi connectivity index (χ3n) is 5.19. The Kier molecular flexibility index (Phi) is 10.1. The Morgan fingerprint density at radius 2 is 1.13 bits per heavy atom. The summed E-state index contributed by atoms with van der Waals surface area (Å²) < 4.78 is 0. The fourth-order valence-electron chi connectivity index (χ4n) is 3.36. The van der Waals surface area contributed by atoms with Crippen molar-refractivity contribution in [3.8, 4) is 0 Å². The lowest BCUT2D eigenvalue weighted by atomic mass is 9.89. The van der Waals surface area contributed by atoms with E-state index in [1.165, 1.54) is 11.1 Å². The largest absolute Gasteiger partial charge is 0.313 e. The van der Waals surface area contributed by atoms with E-state index in [9.17, 15) is 0 Å². The molecule has 4 bridgehead atoms. The number of hydrogen-bond acceptors (Lipinski definition) is 6. The molecule has 0 saturated heterocycles. The quantitative estimate of drug-likeness (QED) is 0.680. The van der Waals surface area contributed by atoms with Crippen LogP contribution in [0.4, 0.5) is 0 Å². The van der Waals surface area contributed by atoms with Crippen molar-refractivity contribution < 1.29 is 0 Å². The molecule has 6 nitrogen and oxygen atoms in total. The summed E-state index contributed by atoms with van der Waals surface area (Å²) in [5.74, 6) is 0.473. The summed E-state index contributed by atoms with van der Waals surface area (Å²) in [6, 6.07) is 8.30. The van der Waals surface area contributed by atoms with Gasteiger partial charge in [-0.05, 0) is 34.6 Å². The molecule has 0 amide bonds. The molecular formula is C25H34N6. The van der Waals surface area contributed by atoms with Crippen LogP contribution in [0.25, 0.3) is 0 Å². The Morgan fingerprint density at radius 1 is 0.645 bits per heavy atom. The molecule has 6 heteroatoms. The van der Waals surface area contributed by atoms with E-state index < -0.39 is 0 Å². The fourth-order valence-corrected chi connectivity index (χ4v) is 3.36. The monoisotopic (exact) mass is 418 g/mol. The molecule has 4 heterocycles. The molecule has 0 aromatic heterocycles. The van der Waals surface area contributed by atoms with Crippen LogP contribution in [0, 0.1) is 5.92 Å². The molecule has 1 aromatic rings. The molecule has 1 aromatic carbocycles. The zero-order valence-electron chi connectivity index (χ0n) is 18.5. The zero-order valence-corrected chi connectivity index (χ0v) is 18.5. The predicted molar refractivity (Wildman–Crippen MR) is 134 cm³/mol. The first-order chi connectivity index (χ1) is 15.3. The van der Waals surface area contributed by atoms with Crippen molar-refractivity contribution in [2.45, 2.75) is 13.3 Å². The first-order valence-electron chi connectivity index (χ1n) is 11.2. The zero-order chi connectivity index (χ0) is 21.6. The lowest BCUT2D eigenvalue weighted by Crippen LogP contribution is -2.21. The van der Waals surface area contributed by atoms with Gasteiger partial charge in [0.1, 0.15) is 0 Å². The van der Waals surface area contributed by atoms with Gasteiger partial charge in [0.2, 0.25) is 0 Å². The van der Waals surface area contributed by atoms with Crippen LogP contribution in [0.15, 0.2) is 67.5 Å². The van der Waals surface area contributed by atoms with Gasteiger partial charge in [-0.15, -0.1) is 0 Å². The van der Waals surface area contributed by atoms with E-state index in [1.54, 1.807) is 0 Å². The number of benzene rings is 1. The van der Waals surface area contributed by atoms with E-state index in [2.05, 4.69) is 73.9 Å². The molecule has 2 N–H and O–H groups in total. The van der Waals surface area contributed by atoms with Crippen molar-refractivity contribution in [2.75, 3.05) is 52.4 Å². The number of aliphatic imine (C=N–C) groups is 4. The minimum Gasteiger partial charge on any atom is -0.313 e. The van der Waals surface area contributed by atoms with Gasteiger partial charge in [-0.2, -0.15) is 0 Å². The molecule has 0 radical (unpaired) electrons. The highest BCUT2D eigenvalue weighted by Crippen LogP contribution is 2.22. The Labute approximate surface area is 186 Å². The van der Waals surface area contributed by atoms with Gasteiger partial charge in [0.25, 0.3) is 0 Å². The number of nitrogens with one attached hydrogen (secondary N) is 2. The van der Waals surface area contributed by atoms with Crippen molar-refractivity contribution in [2.24, 2.45) is 25.9 Å². The summed E-state index contributed by atoms with van der Waals surface area (Å²) in [5.41, 5.74) is 4.79. The Balaban J connectivity index is 1.56. The van der Waals surface area contributed by atoms with Crippen LogP contribution >= 0.6 is 0 Å². The normalized spacial score (nSPS) is 21.8. The molecule has 1 aliphatic carbocycles. The molecule has 1 atom stereocenters. The summed E-state index contributed by atoms with van der Waals surface area (Å²) in [6.07, 6.45) is 13.2. The maximum absolute atomic E-state index is 4.58. The third kappa shape index (κ3) is 8.90. The minimum atomic E-state index is 0.473. The second-order valence-electron chi connectivity index (χ2n) is 7.82. The van der Waals surface area contributed by atoms with Crippen LogP contribution in [0.5, 0.6) is 0 Å². The van der Waals surface area contributed by atoms with Gasteiger partial charge in [-0.1, -0.05) is 43.3 Å². The fraction of sp³-hybridized carbons (Fsp3) is 0.440. The lowest BCUT2D eigenvalue weighted by Gasteiger charge is -2.17. The van der Waals surface area contributed by atoms with Crippen LogP contribution in [-0.2, 0) is 0 Å². The average molecular weight is 419 g/mol. The van der Waals surface area contributed by atoms with Crippen molar-refractivity contribution in [3.05, 3.63) is 58.7 Å². The van der Waals surface area contributed by atoms with Crippen molar-refractivity contribution in [1.29, 1.82) is 0 Å². The molecule has 31 heavy (non-hydrogen) atoms. The average Bonchev–Trinajstić information content (AvgIpc) is 2.78. The van der Waals surface area contributed by atoms with Gasteiger partial charge < -0.3 is 10.6 Å². The van der Waals surface area contributed by atoms with Gasteiger partial charge >= 0.3 is 0 Å². The van der Waals surface area contributed by atoms with E-state index in [1.807, 2.05) is 24.9 Å². The summed E-state index contributed by atoms with van der Waals surface area (Å²) in [4.78, 5) is 18.1. The predicted octanol–water partition coefficient (Wildman–Crippen LogP) is 2.75. The molecule has 0 saturated carbocycles. The van der Waals surface area contributed by atoms with E-state index in [-0.39, 0.29) is 0 Å². The second kappa shape index (κ2) is 13.6. The van der Waals surface area contributed by atoms with Crippen LogP contribution in [0.3, 0.4) is 0 Å². The number of nitrogens with zero attached hydrogens (tertiary/aromatic N) is 4. The van der Waals surface area contributed by atoms with Gasteiger partial charge in [-0.3, -0.25) is 20.0 Å². The van der Waals surface area contributed by atoms with Gasteiger partial charge in [0.05, 0.1) is 26.2 Å². The summed E-state index contributed by atoms with van der Waals surface area (Å²) in [6.45, 7) is 8.78. The molecule has 5 aliphatic rings. The molecule has 4 aliphatic heterocycles. The maximum Gasteiger partial charge on any atom is 0.0514 e. The highest BCUT2D eigenvalue weighted by Gasteiger charge is 2.12. The highest BCUT2D eigenvalue weighted by molar-refractivity contribution is 5.85. The SMILES string of the molecule is C[C@@H]1CC2=CC=C1C=NCCNCCN=Cc1ccc(cc1)C=NCCNCCN=C2. The lowest BCUT2D eigenvalue weighted by molar-refractivity contribution is 0.690. The van der Waals surface area contributed by atoms with Crippen LogP contribution in [0.1, 0.15) is 24.5 Å². The van der Waals surface area contributed by atoms with Crippen LogP contribution < -0.4 is 10.6 Å². The molecule has 0 spiro atoms. The van der Waals surface area contributed by atoms with Crippen LogP contribution in [-0.4, -0.2) is 77.2 Å². The third-order valence-corrected chi connectivity index (χ3v) is 5.19. The molecule has 0 fully saturated rings. The Morgan fingerprint density at radius 3 is 1.65 bits per heavy atom. The Hall–Kier alpha value is -2.70. The van der Waals surface area contributed by atoms with Gasteiger partial charge in [0, 0.05) is 51.0 Å². The van der Waals surface area contributed by atoms with E-state index >= 15 is 0 Å².